The van der Waals surface area contributed by atoms with Crippen molar-refractivity contribution in [2.75, 3.05) is 18.9 Å². The summed E-state index contributed by atoms with van der Waals surface area (Å²) in [4.78, 5) is 10.1. The molecule has 0 bridgehead atoms. The molecule has 3 N–H and O–H groups in total. The Morgan fingerprint density at radius 3 is 2.78 bits per heavy atom. The molecule has 0 spiro atoms. The zero-order chi connectivity index (χ0) is 13.7. The van der Waals surface area contributed by atoms with E-state index >= 15 is 0 Å². The van der Waals surface area contributed by atoms with E-state index in [1.54, 1.807) is 0 Å². The zero-order valence-corrected chi connectivity index (χ0v) is 10.4. The molecule has 0 fully saturated rings. The summed E-state index contributed by atoms with van der Waals surface area (Å²) in [5, 5.41) is 19.3. The van der Waals surface area contributed by atoms with Crippen LogP contribution in [0.25, 0.3) is 0 Å². The van der Waals surface area contributed by atoms with Crippen molar-refractivity contribution in [1.29, 1.82) is 0 Å². The standard InChI is InChI=1S/C12H17BN2O3/c1-8-4-5-9(3-2-6-16)12(14)11(8)10(13)7-15(17)18/h4-5,10,16H,2-3,6-7,14H2,1H3. The van der Waals surface area contributed by atoms with E-state index < -0.39 is 10.7 Å². The van der Waals surface area contributed by atoms with E-state index in [4.69, 9.17) is 18.7 Å². The highest BCUT2D eigenvalue weighted by molar-refractivity contribution is 6.13. The molecule has 0 aliphatic rings. The third kappa shape index (κ3) is 3.47. The fraction of sp³-hybridized carbons (Fsp3) is 0.500. The van der Waals surface area contributed by atoms with Crippen LogP contribution >= 0.6 is 0 Å². The Hall–Kier alpha value is -1.56. The van der Waals surface area contributed by atoms with Gasteiger partial charge < -0.3 is 10.8 Å². The van der Waals surface area contributed by atoms with Gasteiger partial charge in [-0.15, -0.1) is 0 Å². The molecule has 0 aliphatic carbocycles. The normalized spacial score (nSPS) is 12.3. The van der Waals surface area contributed by atoms with E-state index in [1.807, 2.05) is 19.1 Å². The summed E-state index contributed by atoms with van der Waals surface area (Å²) < 4.78 is 0. The molecule has 1 unspecified atom stereocenters. The van der Waals surface area contributed by atoms with Crippen molar-refractivity contribution in [2.45, 2.75) is 25.6 Å². The van der Waals surface area contributed by atoms with Crippen molar-refractivity contribution in [2.24, 2.45) is 0 Å². The number of nitrogens with two attached hydrogens (primary N) is 1. The number of nitrogens with zero attached hydrogens (tertiary/aromatic N) is 1. The lowest BCUT2D eigenvalue weighted by Crippen LogP contribution is -2.16. The number of aryl methyl sites for hydroxylation is 2. The number of hydrogen-bond acceptors (Lipinski definition) is 4. The molecule has 2 radical (unpaired) electrons. The number of benzene rings is 1. The summed E-state index contributed by atoms with van der Waals surface area (Å²) >= 11 is 0. The zero-order valence-electron chi connectivity index (χ0n) is 10.4. The van der Waals surface area contributed by atoms with Gasteiger partial charge >= 0.3 is 0 Å². The second-order valence-corrected chi connectivity index (χ2v) is 4.32. The molecule has 1 atom stereocenters. The van der Waals surface area contributed by atoms with E-state index in [-0.39, 0.29) is 13.2 Å². The van der Waals surface area contributed by atoms with Crippen molar-refractivity contribution in [3.63, 3.8) is 0 Å². The lowest BCUT2D eigenvalue weighted by Gasteiger charge is -2.17. The average molecular weight is 248 g/mol. The monoisotopic (exact) mass is 248 g/mol. The Bertz CT molecular complexity index is 438. The summed E-state index contributed by atoms with van der Waals surface area (Å²) in [6.45, 7) is 1.58. The van der Waals surface area contributed by atoms with Crippen LogP contribution in [0.3, 0.4) is 0 Å². The number of nitro groups is 1. The molecule has 1 aromatic rings. The number of hydrogen-bond donors (Lipinski definition) is 2. The van der Waals surface area contributed by atoms with Gasteiger partial charge in [-0.3, -0.25) is 10.1 Å². The molecule has 6 heteroatoms. The fourth-order valence-electron chi connectivity index (χ4n) is 2.02. The van der Waals surface area contributed by atoms with Gasteiger partial charge in [0, 0.05) is 23.0 Å². The lowest BCUT2D eigenvalue weighted by atomic mass is 9.77. The summed E-state index contributed by atoms with van der Waals surface area (Å²) in [5.41, 5.74) is 8.90. The molecule has 1 rings (SSSR count). The maximum absolute atomic E-state index is 10.5. The van der Waals surface area contributed by atoms with Crippen molar-refractivity contribution < 1.29 is 10.0 Å². The maximum Gasteiger partial charge on any atom is 0.202 e. The van der Waals surface area contributed by atoms with Gasteiger partial charge in [0.2, 0.25) is 6.54 Å². The van der Waals surface area contributed by atoms with E-state index in [2.05, 4.69) is 0 Å². The first-order chi connectivity index (χ1) is 8.47. The van der Waals surface area contributed by atoms with Crippen LogP contribution in [0.15, 0.2) is 12.1 Å². The third-order valence-corrected chi connectivity index (χ3v) is 2.92. The molecule has 0 amide bonds. The Balaban J connectivity index is 3.05. The molecule has 0 aromatic heterocycles. The van der Waals surface area contributed by atoms with Crippen molar-refractivity contribution in [3.8, 4) is 0 Å². The molecular weight excluding hydrogens is 231 g/mol. The number of aliphatic hydroxyl groups excluding tert-OH is 1. The largest absolute Gasteiger partial charge is 0.398 e. The Morgan fingerprint density at radius 2 is 2.22 bits per heavy atom. The van der Waals surface area contributed by atoms with Gasteiger partial charge in [-0.2, -0.15) is 0 Å². The molecule has 0 aliphatic heterocycles. The molecule has 1 aromatic carbocycles. The highest BCUT2D eigenvalue weighted by atomic mass is 16.6. The van der Waals surface area contributed by atoms with Gasteiger partial charge in [0.1, 0.15) is 0 Å². The topological polar surface area (TPSA) is 89.4 Å². The van der Waals surface area contributed by atoms with E-state index in [0.29, 0.717) is 24.1 Å². The Kier molecular flexibility index (Phi) is 5.16. The minimum atomic E-state index is -0.700. The van der Waals surface area contributed by atoms with Crippen LogP contribution in [0.4, 0.5) is 5.69 Å². The average Bonchev–Trinajstić information content (AvgIpc) is 2.27. The predicted octanol–water partition coefficient (Wildman–Crippen LogP) is 0.988. The smallest absolute Gasteiger partial charge is 0.202 e. The fourth-order valence-corrected chi connectivity index (χ4v) is 2.02. The Labute approximate surface area is 108 Å². The van der Waals surface area contributed by atoms with Crippen LogP contribution in [0.1, 0.15) is 28.9 Å². The predicted molar refractivity (Wildman–Crippen MR) is 71.4 cm³/mol. The second kappa shape index (κ2) is 6.40. The van der Waals surface area contributed by atoms with Crippen LogP contribution in [0, 0.1) is 17.0 Å². The molecular formula is C12H17BN2O3. The number of aliphatic hydroxyl groups is 1. The molecule has 0 saturated carbocycles. The second-order valence-electron chi connectivity index (χ2n) is 4.32. The van der Waals surface area contributed by atoms with E-state index in [1.165, 1.54) is 0 Å². The van der Waals surface area contributed by atoms with Gasteiger partial charge in [-0.25, -0.2) is 0 Å². The van der Waals surface area contributed by atoms with Crippen LogP contribution < -0.4 is 5.73 Å². The van der Waals surface area contributed by atoms with E-state index in [0.717, 1.165) is 11.1 Å². The third-order valence-electron chi connectivity index (χ3n) is 2.92. The summed E-state index contributed by atoms with van der Waals surface area (Å²) in [5.74, 6) is -0.700. The maximum atomic E-state index is 10.5. The van der Waals surface area contributed by atoms with Gasteiger partial charge in [0.25, 0.3) is 0 Å². The quantitative estimate of drug-likeness (QED) is 0.340. The lowest BCUT2D eigenvalue weighted by molar-refractivity contribution is -0.480. The summed E-state index contributed by atoms with van der Waals surface area (Å²) in [6, 6.07) is 3.74. The first-order valence-electron chi connectivity index (χ1n) is 5.83. The van der Waals surface area contributed by atoms with Gasteiger partial charge in [0.05, 0.1) is 7.85 Å². The highest BCUT2D eigenvalue weighted by Crippen LogP contribution is 2.28. The van der Waals surface area contributed by atoms with Crippen molar-refractivity contribution in [3.05, 3.63) is 38.9 Å². The SMILES string of the molecule is [B]C(C[N+](=O)[O-])c1c(C)ccc(CCCO)c1N. The first-order valence-corrected chi connectivity index (χ1v) is 5.83. The van der Waals surface area contributed by atoms with Crippen LogP contribution in [0.5, 0.6) is 0 Å². The summed E-state index contributed by atoms with van der Waals surface area (Å²) in [6.07, 6.45) is 1.25. The number of anilines is 1. The van der Waals surface area contributed by atoms with Gasteiger partial charge in [-0.1, -0.05) is 12.1 Å². The minimum Gasteiger partial charge on any atom is -0.398 e. The van der Waals surface area contributed by atoms with Gasteiger partial charge in [-0.05, 0) is 36.5 Å². The van der Waals surface area contributed by atoms with Crippen LogP contribution in [0.2, 0.25) is 0 Å². The summed E-state index contributed by atoms with van der Waals surface area (Å²) in [7, 11) is 5.82. The molecule has 0 saturated heterocycles. The molecule has 18 heavy (non-hydrogen) atoms. The highest BCUT2D eigenvalue weighted by Gasteiger charge is 2.18. The minimum absolute atomic E-state index is 0.0869. The molecule has 0 heterocycles. The van der Waals surface area contributed by atoms with Crippen molar-refractivity contribution in [1.82, 2.24) is 0 Å². The van der Waals surface area contributed by atoms with Gasteiger partial charge in [0.15, 0.2) is 0 Å². The van der Waals surface area contributed by atoms with Crippen LogP contribution in [-0.4, -0.2) is 31.0 Å². The molecule has 5 nitrogen and oxygen atoms in total. The van der Waals surface area contributed by atoms with E-state index in [9.17, 15) is 10.1 Å². The number of rotatable bonds is 6. The first kappa shape index (κ1) is 14.5. The number of nitrogen functional groups attached to an aromatic ring is 1. The molecule has 96 valence electrons. The van der Waals surface area contributed by atoms with Crippen LogP contribution in [-0.2, 0) is 6.42 Å². The van der Waals surface area contributed by atoms with Crippen molar-refractivity contribution >= 4 is 13.5 Å². The Morgan fingerprint density at radius 1 is 1.56 bits per heavy atom.